The number of hydrogen-bond acceptors (Lipinski definition) is 4. The molecule has 28 heavy (non-hydrogen) atoms. The lowest BCUT2D eigenvalue weighted by Gasteiger charge is -2.14. The molecule has 0 amide bonds. The molecule has 3 rings (SSSR count). The summed E-state index contributed by atoms with van der Waals surface area (Å²) < 4.78 is 25.7. The van der Waals surface area contributed by atoms with Gasteiger partial charge in [0, 0.05) is 36.2 Å². The van der Waals surface area contributed by atoms with Crippen molar-refractivity contribution in [2.75, 3.05) is 13.2 Å². The molecule has 0 bridgehead atoms. The van der Waals surface area contributed by atoms with Crippen LogP contribution < -0.4 is 0 Å². The van der Waals surface area contributed by atoms with Gasteiger partial charge in [-0.1, -0.05) is 12.1 Å². The zero-order chi connectivity index (χ0) is 20.1. The summed E-state index contributed by atoms with van der Waals surface area (Å²) in [5.74, 6) is -1.21. The number of ketones is 1. The number of esters is 1. The Kier molecular flexibility index (Phi) is 6.41. The number of carbonyl (C=O) groups is 2. The number of rotatable bonds is 7. The minimum Gasteiger partial charge on any atom is -0.454 e. The van der Waals surface area contributed by atoms with Crippen molar-refractivity contribution in [1.29, 1.82) is 0 Å². The molecule has 1 saturated heterocycles. The van der Waals surface area contributed by atoms with Gasteiger partial charge in [0.1, 0.15) is 5.82 Å². The molecule has 0 unspecified atom stereocenters. The number of nitrogens with zero attached hydrogens (tertiary/aromatic N) is 1. The molecule has 0 saturated carbocycles. The highest BCUT2D eigenvalue weighted by atomic mass is 19.1. The van der Waals surface area contributed by atoms with Crippen LogP contribution in [0.5, 0.6) is 0 Å². The summed E-state index contributed by atoms with van der Waals surface area (Å²) in [7, 11) is 0. The van der Waals surface area contributed by atoms with Crippen LogP contribution >= 0.6 is 0 Å². The average Bonchev–Trinajstić information content (AvgIpc) is 3.29. The number of halogens is 1. The Morgan fingerprint density at radius 3 is 2.71 bits per heavy atom. The summed E-state index contributed by atoms with van der Waals surface area (Å²) >= 11 is 0. The van der Waals surface area contributed by atoms with Gasteiger partial charge >= 0.3 is 5.97 Å². The lowest BCUT2D eigenvalue weighted by Crippen LogP contribution is -2.18. The molecule has 2 heterocycles. The third kappa shape index (κ3) is 4.95. The number of hydrogen-bond donors (Lipinski definition) is 0. The first-order chi connectivity index (χ1) is 13.4. The van der Waals surface area contributed by atoms with Gasteiger partial charge in [0.15, 0.2) is 6.61 Å². The van der Waals surface area contributed by atoms with E-state index >= 15 is 0 Å². The number of aromatic nitrogens is 1. The van der Waals surface area contributed by atoms with Crippen LogP contribution in [0.25, 0.3) is 6.08 Å². The van der Waals surface area contributed by atoms with Crippen molar-refractivity contribution in [3.63, 3.8) is 0 Å². The first-order valence-corrected chi connectivity index (χ1v) is 9.36. The molecule has 0 spiro atoms. The molecule has 2 aromatic rings. The lowest BCUT2D eigenvalue weighted by molar-refractivity contribution is -0.136. The van der Waals surface area contributed by atoms with Crippen LogP contribution in [0.1, 0.15) is 40.2 Å². The van der Waals surface area contributed by atoms with E-state index in [0.29, 0.717) is 11.1 Å². The van der Waals surface area contributed by atoms with E-state index in [1.54, 1.807) is 12.1 Å². The van der Waals surface area contributed by atoms with Crippen LogP contribution in [0.3, 0.4) is 0 Å². The summed E-state index contributed by atoms with van der Waals surface area (Å²) in [5, 5.41) is 0. The third-order valence-electron chi connectivity index (χ3n) is 4.91. The largest absolute Gasteiger partial charge is 0.454 e. The highest BCUT2D eigenvalue weighted by Crippen LogP contribution is 2.20. The highest BCUT2D eigenvalue weighted by molar-refractivity contribution is 6.00. The van der Waals surface area contributed by atoms with E-state index in [9.17, 15) is 14.0 Å². The van der Waals surface area contributed by atoms with Crippen molar-refractivity contribution >= 4 is 17.8 Å². The van der Waals surface area contributed by atoms with Gasteiger partial charge in [0.25, 0.3) is 0 Å². The molecule has 0 radical (unpaired) electrons. The maximum atomic E-state index is 12.9. The average molecular weight is 385 g/mol. The summed E-state index contributed by atoms with van der Waals surface area (Å²) in [4.78, 5) is 24.3. The Labute approximate surface area is 163 Å². The van der Waals surface area contributed by atoms with Gasteiger partial charge in [-0.3, -0.25) is 4.79 Å². The minimum atomic E-state index is -0.620. The first-order valence-electron chi connectivity index (χ1n) is 9.36. The predicted molar refractivity (Wildman–Crippen MR) is 104 cm³/mol. The molecular weight excluding hydrogens is 361 g/mol. The summed E-state index contributed by atoms with van der Waals surface area (Å²) in [5.41, 5.74) is 3.07. The fourth-order valence-electron chi connectivity index (χ4n) is 3.36. The normalized spacial score (nSPS) is 16.6. The number of carbonyl (C=O) groups excluding carboxylic acids is 2. The van der Waals surface area contributed by atoms with Crippen molar-refractivity contribution in [2.45, 2.75) is 39.3 Å². The number of ether oxygens (including phenoxy) is 2. The molecule has 148 valence electrons. The maximum absolute atomic E-state index is 12.9. The number of aryl methyl sites for hydroxylation is 1. The summed E-state index contributed by atoms with van der Waals surface area (Å²) in [6.07, 6.45) is 5.01. The Hall–Kier alpha value is -2.73. The molecule has 1 aliphatic heterocycles. The van der Waals surface area contributed by atoms with Gasteiger partial charge in [-0.25, -0.2) is 9.18 Å². The SMILES string of the molecule is Cc1cc(C(=O)COC(=O)/C=C/c2ccc(F)cc2)c(C)n1C[C@H]1CCCO1. The lowest BCUT2D eigenvalue weighted by atomic mass is 10.1. The van der Waals surface area contributed by atoms with Gasteiger partial charge in [-0.15, -0.1) is 0 Å². The maximum Gasteiger partial charge on any atom is 0.331 e. The summed E-state index contributed by atoms with van der Waals surface area (Å²) in [6.45, 7) is 5.04. The van der Waals surface area contributed by atoms with Crippen LogP contribution in [0.4, 0.5) is 4.39 Å². The zero-order valence-corrected chi connectivity index (χ0v) is 16.1. The van der Waals surface area contributed by atoms with Crippen molar-refractivity contribution in [1.82, 2.24) is 4.57 Å². The molecule has 1 aromatic carbocycles. The molecule has 1 aliphatic rings. The number of benzene rings is 1. The third-order valence-corrected chi connectivity index (χ3v) is 4.91. The second-order valence-electron chi connectivity index (χ2n) is 6.95. The van der Waals surface area contributed by atoms with Crippen molar-refractivity contribution < 1.29 is 23.5 Å². The highest BCUT2D eigenvalue weighted by Gasteiger charge is 2.21. The second-order valence-corrected chi connectivity index (χ2v) is 6.95. The number of Topliss-reactive ketones (excluding diaryl/α,β-unsaturated/α-hetero) is 1. The van der Waals surface area contributed by atoms with Crippen LogP contribution in [-0.2, 0) is 20.8 Å². The van der Waals surface area contributed by atoms with E-state index in [0.717, 1.165) is 37.4 Å². The van der Waals surface area contributed by atoms with Crippen LogP contribution in [0.2, 0.25) is 0 Å². The zero-order valence-electron chi connectivity index (χ0n) is 16.1. The minimum absolute atomic E-state index is 0.183. The van der Waals surface area contributed by atoms with E-state index in [1.165, 1.54) is 24.3 Å². The Morgan fingerprint density at radius 1 is 1.29 bits per heavy atom. The van der Waals surface area contributed by atoms with Gasteiger partial charge in [0.05, 0.1) is 6.10 Å². The fraction of sp³-hybridized carbons (Fsp3) is 0.364. The predicted octanol–water partition coefficient (Wildman–Crippen LogP) is 3.86. The van der Waals surface area contributed by atoms with Gasteiger partial charge < -0.3 is 14.0 Å². The quantitative estimate of drug-likeness (QED) is 0.413. The van der Waals surface area contributed by atoms with E-state index in [2.05, 4.69) is 4.57 Å². The Balaban J connectivity index is 1.57. The van der Waals surface area contributed by atoms with Crippen LogP contribution in [-0.4, -0.2) is 35.6 Å². The Bertz CT molecular complexity index is 877. The molecule has 0 aliphatic carbocycles. The topological polar surface area (TPSA) is 57.5 Å². The molecule has 1 atom stereocenters. The second kappa shape index (κ2) is 8.97. The molecule has 0 N–H and O–H groups in total. The summed E-state index contributed by atoms with van der Waals surface area (Å²) in [6, 6.07) is 7.54. The molecule has 6 heteroatoms. The first kappa shape index (κ1) is 20.0. The van der Waals surface area contributed by atoms with Crippen molar-refractivity contribution in [3.8, 4) is 0 Å². The molecule has 1 fully saturated rings. The van der Waals surface area contributed by atoms with E-state index in [1.807, 2.05) is 19.9 Å². The van der Waals surface area contributed by atoms with Crippen molar-refractivity contribution in [2.24, 2.45) is 0 Å². The van der Waals surface area contributed by atoms with Gasteiger partial charge in [-0.2, -0.15) is 0 Å². The molecule has 1 aromatic heterocycles. The van der Waals surface area contributed by atoms with Crippen LogP contribution in [0.15, 0.2) is 36.4 Å². The standard InChI is InChI=1S/C22H24FNO4/c1-15-12-20(16(2)24(15)13-19-4-3-11-27-19)21(25)14-28-22(26)10-7-17-5-8-18(23)9-6-17/h5-10,12,19H,3-4,11,13-14H2,1-2H3/b10-7+/t19-/m1/s1. The molecule has 5 nitrogen and oxygen atoms in total. The smallest absolute Gasteiger partial charge is 0.331 e. The molecular formula is C22H24FNO4. The van der Waals surface area contributed by atoms with E-state index < -0.39 is 5.97 Å². The van der Waals surface area contributed by atoms with Crippen LogP contribution in [0, 0.1) is 19.7 Å². The van der Waals surface area contributed by atoms with Crippen molar-refractivity contribution in [3.05, 3.63) is 64.7 Å². The van der Waals surface area contributed by atoms with E-state index in [4.69, 9.17) is 9.47 Å². The fourth-order valence-corrected chi connectivity index (χ4v) is 3.36. The van der Waals surface area contributed by atoms with Gasteiger partial charge in [0.2, 0.25) is 5.78 Å². The monoisotopic (exact) mass is 385 g/mol. The Morgan fingerprint density at radius 2 is 2.04 bits per heavy atom. The van der Waals surface area contributed by atoms with E-state index in [-0.39, 0.29) is 24.3 Å². The van der Waals surface area contributed by atoms with Gasteiger partial charge in [-0.05, 0) is 56.5 Å².